The summed E-state index contributed by atoms with van der Waals surface area (Å²) in [5.41, 5.74) is 1.28. The Morgan fingerprint density at radius 3 is 2.19 bits per heavy atom. The number of hydrogen-bond donors (Lipinski definition) is 2. The summed E-state index contributed by atoms with van der Waals surface area (Å²) in [6.45, 7) is 5.31. The molecule has 0 aliphatic rings. The number of benzene rings is 2. The average molecular weight is 357 g/mol. The van der Waals surface area contributed by atoms with E-state index in [0.29, 0.717) is 22.7 Å². The Labute approximate surface area is 152 Å². The van der Waals surface area contributed by atoms with Gasteiger partial charge in [0.2, 0.25) is 5.91 Å². The van der Waals surface area contributed by atoms with Crippen LogP contribution in [0.15, 0.2) is 36.4 Å². The third-order valence-electron chi connectivity index (χ3n) is 4.39. The number of carboxylic acid groups (broad SMARTS) is 1. The van der Waals surface area contributed by atoms with Crippen LogP contribution in [0.3, 0.4) is 0 Å². The molecule has 6 nitrogen and oxygen atoms in total. The Morgan fingerprint density at radius 2 is 1.65 bits per heavy atom. The van der Waals surface area contributed by atoms with Gasteiger partial charge < -0.3 is 19.9 Å². The lowest BCUT2D eigenvalue weighted by Gasteiger charge is -2.25. The van der Waals surface area contributed by atoms with E-state index >= 15 is 0 Å². The van der Waals surface area contributed by atoms with E-state index in [1.807, 2.05) is 19.9 Å². The number of nitrogens with one attached hydrogen (secondary N) is 1. The number of aryl methyl sites for hydroxylation is 1. The predicted molar refractivity (Wildman–Crippen MR) is 99.3 cm³/mol. The van der Waals surface area contributed by atoms with Crippen molar-refractivity contribution >= 4 is 17.6 Å². The minimum atomic E-state index is -0.994. The monoisotopic (exact) mass is 357 g/mol. The van der Waals surface area contributed by atoms with Gasteiger partial charge in [-0.15, -0.1) is 0 Å². The van der Waals surface area contributed by atoms with Crippen LogP contribution in [-0.2, 0) is 10.2 Å². The molecule has 2 aromatic rings. The van der Waals surface area contributed by atoms with Gasteiger partial charge in [-0.25, -0.2) is 4.79 Å². The number of ether oxygens (including phenoxy) is 2. The first-order valence-corrected chi connectivity index (χ1v) is 8.08. The lowest BCUT2D eigenvalue weighted by molar-refractivity contribution is -0.120. The van der Waals surface area contributed by atoms with Crippen LogP contribution in [0.2, 0.25) is 0 Å². The molecule has 138 valence electrons. The fourth-order valence-electron chi connectivity index (χ4n) is 2.62. The van der Waals surface area contributed by atoms with Crippen molar-refractivity contribution < 1.29 is 24.2 Å². The Bertz CT molecular complexity index is 842. The molecule has 0 heterocycles. The zero-order valence-corrected chi connectivity index (χ0v) is 15.5. The fraction of sp³-hybridized carbons (Fsp3) is 0.300. The fourth-order valence-corrected chi connectivity index (χ4v) is 2.62. The van der Waals surface area contributed by atoms with Crippen LogP contribution >= 0.6 is 0 Å². The molecule has 0 bridgehead atoms. The Balaban J connectivity index is 2.28. The zero-order chi connectivity index (χ0) is 19.5. The Morgan fingerprint density at radius 1 is 1.00 bits per heavy atom. The molecule has 0 unspecified atom stereocenters. The second-order valence-electron chi connectivity index (χ2n) is 6.48. The molecule has 0 saturated carbocycles. The zero-order valence-electron chi connectivity index (χ0n) is 15.5. The first-order valence-electron chi connectivity index (χ1n) is 8.08. The maximum Gasteiger partial charge on any atom is 0.335 e. The SMILES string of the molecule is COc1ccc(C(C)(C)C(=O)Nc2ccc(C(=O)O)c(C)c2)cc1OC. The summed E-state index contributed by atoms with van der Waals surface area (Å²) >= 11 is 0. The number of carboxylic acids is 1. The minimum Gasteiger partial charge on any atom is -0.493 e. The van der Waals surface area contributed by atoms with E-state index in [-0.39, 0.29) is 11.5 Å². The average Bonchev–Trinajstić information content (AvgIpc) is 2.60. The topological polar surface area (TPSA) is 84.9 Å². The molecule has 0 fully saturated rings. The van der Waals surface area contributed by atoms with E-state index in [0.717, 1.165) is 5.56 Å². The second kappa shape index (κ2) is 7.47. The third-order valence-corrected chi connectivity index (χ3v) is 4.39. The quantitative estimate of drug-likeness (QED) is 0.825. The summed E-state index contributed by atoms with van der Waals surface area (Å²) in [7, 11) is 3.10. The standard InChI is InChI=1S/C20H23NO5/c1-12-10-14(7-8-15(12)18(22)23)21-19(24)20(2,3)13-6-9-16(25-4)17(11-13)26-5/h6-11H,1-5H3,(H,21,24)(H,22,23). The van der Waals surface area contributed by atoms with Crippen LogP contribution in [0.25, 0.3) is 0 Å². The lowest BCUT2D eigenvalue weighted by Crippen LogP contribution is -2.34. The highest BCUT2D eigenvalue weighted by Gasteiger charge is 2.31. The number of hydrogen-bond acceptors (Lipinski definition) is 4. The number of rotatable bonds is 6. The molecule has 1 amide bonds. The van der Waals surface area contributed by atoms with Crippen molar-refractivity contribution in [1.29, 1.82) is 0 Å². The van der Waals surface area contributed by atoms with Gasteiger partial charge in [-0.2, -0.15) is 0 Å². The van der Waals surface area contributed by atoms with Crippen molar-refractivity contribution in [3.05, 3.63) is 53.1 Å². The summed E-state index contributed by atoms with van der Waals surface area (Å²) in [4.78, 5) is 23.9. The van der Waals surface area contributed by atoms with E-state index in [4.69, 9.17) is 14.6 Å². The third kappa shape index (κ3) is 3.79. The first kappa shape index (κ1) is 19.3. The normalized spacial score (nSPS) is 11.0. The van der Waals surface area contributed by atoms with Crippen molar-refractivity contribution in [3.63, 3.8) is 0 Å². The highest BCUT2D eigenvalue weighted by molar-refractivity contribution is 5.99. The molecule has 2 aromatic carbocycles. The number of anilines is 1. The summed E-state index contributed by atoms with van der Waals surface area (Å²) < 4.78 is 10.5. The summed E-state index contributed by atoms with van der Waals surface area (Å²) in [6, 6.07) is 10.1. The molecule has 2 N–H and O–H groups in total. The van der Waals surface area contributed by atoms with Gasteiger partial charge in [0.05, 0.1) is 25.2 Å². The van der Waals surface area contributed by atoms with E-state index in [9.17, 15) is 9.59 Å². The molecule has 0 atom stereocenters. The Hall–Kier alpha value is -3.02. The van der Waals surface area contributed by atoms with E-state index in [2.05, 4.69) is 5.32 Å². The van der Waals surface area contributed by atoms with Gasteiger partial charge in [0, 0.05) is 5.69 Å². The summed E-state index contributed by atoms with van der Waals surface area (Å²) in [6.07, 6.45) is 0. The van der Waals surface area contributed by atoms with Gasteiger partial charge in [0.15, 0.2) is 11.5 Å². The minimum absolute atomic E-state index is 0.210. The van der Waals surface area contributed by atoms with Crippen molar-refractivity contribution in [2.75, 3.05) is 19.5 Å². The van der Waals surface area contributed by atoms with Crippen molar-refractivity contribution in [1.82, 2.24) is 0 Å². The predicted octanol–water partition coefficient (Wildman–Crippen LogP) is 3.63. The second-order valence-corrected chi connectivity index (χ2v) is 6.48. The molecule has 26 heavy (non-hydrogen) atoms. The molecule has 0 aliphatic carbocycles. The smallest absolute Gasteiger partial charge is 0.335 e. The van der Waals surface area contributed by atoms with E-state index in [1.165, 1.54) is 6.07 Å². The van der Waals surface area contributed by atoms with Crippen molar-refractivity contribution in [2.24, 2.45) is 0 Å². The van der Waals surface area contributed by atoms with E-state index in [1.54, 1.807) is 45.4 Å². The van der Waals surface area contributed by atoms with Crippen LogP contribution < -0.4 is 14.8 Å². The molecular formula is C20H23NO5. The maximum absolute atomic E-state index is 12.8. The number of carbonyl (C=O) groups is 2. The largest absolute Gasteiger partial charge is 0.493 e. The van der Waals surface area contributed by atoms with Crippen LogP contribution in [0, 0.1) is 6.92 Å². The molecule has 0 spiro atoms. The Kier molecular flexibility index (Phi) is 5.55. The van der Waals surface area contributed by atoms with Crippen molar-refractivity contribution in [2.45, 2.75) is 26.2 Å². The number of methoxy groups -OCH3 is 2. The molecule has 0 radical (unpaired) electrons. The number of amides is 1. The number of carbonyl (C=O) groups excluding carboxylic acids is 1. The molecule has 0 saturated heterocycles. The summed E-state index contributed by atoms with van der Waals surface area (Å²) in [5.74, 6) is -0.0712. The molecule has 2 rings (SSSR count). The van der Waals surface area contributed by atoms with E-state index < -0.39 is 11.4 Å². The van der Waals surface area contributed by atoms with Crippen molar-refractivity contribution in [3.8, 4) is 11.5 Å². The highest BCUT2D eigenvalue weighted by atomic mass is 16.5. The van der Waals surface area contributed by atoms with Crippen LogP contribution in [0.5, 0.6) is 11.5 Å². The molecule has 0 aromatic heterocycles. The number of aromatic carboxylic acids is 1. The van der Waals surface area contributed by atoms with Gasteiger partial charge >= 0.3 is 5.97 Å². The van der Waals surface area contributed by atoms with Crippen LogP contribution in [0.1, 0.15) is 35.3 Å². The van der Waals surface area contributed by atoms with Gasteiger partial charge in [-0.1, -0.05) is 6.07 Å². The first-order chi connectivity index (χ1) is 12.2. The van der Waals surface area contributed by atoms with Gasteiger partial charge in [-0.05, 0) is 62.2 Å². The molecule has 6 heteroatoms. The lowest BCUT2D eigenvalue weighted by atomic mass is 9.83. The van der Waals surface area contributed by atoms with Gasteiger partial charge in [0.1, 0.15) is 0 Å². The maximum atomic E-state index is 12.8. The summed E-state index contributed by atoms with van der Waals surface area (Å²) in [5, 5.41) is 11.9. The molecular weight excluding hydrogens is 334 g/mol. The van der Waals surface area contributed by atoms with Gasteiger partial charge in [-0.3, -0.25) is 4.79 Å². The van der Waals surface area contributed by atoms with Crippen LogP contribution in [0.4, 0.5) is 5.69 Å². The van der Waals surface area contributed by atoms with Crippen LogP contribution in [-0.4, -0.2) is 31.2 Å². The highest BCUT2D eigenvalue weighted by Crippen LogP contribution is 2.34. The van der Waals surface area contributed by atoms with Gasteiger partial charge in [0.25, 0.3) is 0 Å². The molecule has 0 aliphatic heterocycles.